The lowest BCUT2D eigenvalue weighted by molar-refractivity contribution is 0.221. The molecule has 0 amide bonds. The maximum absolute atomic E-state index is 13.7. The minimum atomic E-state index is -1.26. The summed E-state index contributed by atoms with van der Waals surface area (Å²) in [7, 11) is 0. The number of halogens is 1. The largest absolute Gasteiger partial charge is 0.381 e. The summed E-state index contributed by atoms with van der Waals surface area (Å²) in [5.41, 5.74) is 0.543. The number of anilines is 1. The summed E-state index contributed by atoms with van der Waals surface area (Å²) in [5, 5.41) is 6.84. The molecule has 17 heavy (non-hydrogen) atoms. The van der Waals surface area contributed by atoms with Crippen LogP contribution in [0.2, 0.25) is 0 Å². The van der Waals surface area contributed by atoms with E-state index in [1.807, 2.05) is 24.3 Å². The van der Waals surface area contributed by atoms with Crippen molar-refractivity contribution in [1.82, 2.24) is 5.32 Å². The van der Waals surface area contributed by atoms with Crippen LogP contribution in [0.1, 0.15) is 32.3 Å². The average molecular weight is 236 g/mol. The Morgan fingerprint density at radius 2 is 2.00 bits per heavy atom. The summed E-state index contributed by atoms with van der Waals surface area (Å²) in [5.74, 6) is 0. The normalized spacial score (nSPS) is 21.2. The molecule has 0 radical (unpaired) electrons. The minimum Gasteiger partial charge on any atom is -0.381 e. The van der Waals surface area contributed by atoms with Gasteiger partial charge in [0.15, 0.2) is 0 Å². The van der Waals surface area contributed by atoms with Crippen LogP contribution in [0.5, 0.6) is 0 Å². The number of piperidine rings is 1. The first-order valence-corrected chi connectivity index (χ1v) is 6.32. The summed E-state index contributed by atoms with van der Waals surface area (Å²) in [6.07, 6.45) is 2.41. The Kier molecular flexibility index (Phi) is 3.67. The molecule has 2 rings (SSSR count). The smallest absolute Gasteiger partial charge is 0.130 e. The lowest BCUT2D eigenvalue weighted by Crippen LogP contribution is -2.38. The van der Waals surface area contributed by atoms with E-state index in [-0.39, 0.29) is 0 Å². The Morgan fingerprint density at radius 1 is 1.29 bits per heavy atom. The second kappa shape index (κ2) is 5.05. The zero-order chi connectivity index (χ0) is 12.3. The zero-order valence-corrected chi connectivity index (χ0v) is 10.6. The van der Waals surface area contributed by atoms with Crippen LogP contribution in [0.4, 0.5) is 10.1 Å². The molecule has 0 bridgehead atoms. The third kappa shape index (κ3) is 3.43. The van der Waals surface area contributed by atoms with Gasteiger partial charge >= 0.3 is 0 Å². The molecule has 0 aromatic heterocycles. The molecule has 0 aliphatic carbocycles. The Bertz CT molecular complexity index is 347. The van der Waals surface area contributed by atoms with Crippen LogP contribution in [-0.2, 0) is 5.67 Å². The molecule has 1 aromatic carbocycles. The quantitative estimate of drug-likeness (QED) is 0.843. The highest BCUT2D eigenvalue weighted by Crippen LogP contribution is 2.25. The van der Waals surface area contributed by atoms with Gasteiger partial charge in [0.2, 0.25) is 0 Å². The minimum absolute atomic E-state index is 0.494. The predicted molar refractivity (Wildman–Crippen MR) is 70.1 cm³/mol. The van der Waals surface area contributed by atoms with Gasteiger partial charge in [0.25, 0.3) is 0 Å². The molecule has 1 saturated heterocycles. The summed E-state index contributed by atoms with van der Waals surface area (Å²) >= 11 is 0. The fourth-order valence-electron chi connectivity index (χ4n) is 2.17. The van der Waals surface area contributed by atoms with Gasteiger partial charge in [-0.05, 0) is 50.9 Å². The number of nitrogens with one attached hydrogen (secondary N) is 2. The molecule has 94 valence electrons. The number of rotatable bonds is 3. The van der Waals surface area contributed by atoms with E-state index < -0.39 is 5.67 Å². The molecule has 1 aliphatic rings. The lowest BCUT2D eigenvalue weighted by atomic mass is 10.00. The number of benzene rings is 1. The van der Waals surface area contributed by atoms with Gasteiger partial charge in [-0.3, -0.25) is 0 Å². The Balaban J connectivity index is 1.98. The number of hydrogen-bond donors (Lipinski definition) is 2. The van der Waals surface area contributed by atoms with Crippen LogP contribution >= 0.6 is 0 Å². The molecule has 1 heterocycles. The maximum atomic E-state index is 13.7. The number of alkyl halides is 1. The molecule has 1 atom stereocenters. The molecule has 0 spiro atoms. The first kappa shape index (κ1) is 12.4. The Morgan fingerprint density at radius 3 is 2.53 bits per heavy atom. The van der Waals surface area contributed by atoms with E-state index >= 15 is 0 Å². The van der Waals surface area contributed by atoms with E-state index in [1.165, 1.54) is 12.8 Å². The molecule has 1 aromatic rings. The molecular formula is C14H21FN2. The van der Waals surface area contributed by atoms with Crippen LogP contribution in [0.15, 0.2) is 24.3 Å². The summed E-state index contributed by atoms with van der Waals surface area (Å²) in [4.78, 5) is 0. The monoisotopic (exact) mass is 236 g/mol. The van der Waals surface area contributed by atoms with E-state index in [9.17, 15) is 4.39 Å². The zero-order valence-electron chi connectivity index (χ0n) is 10.6. The summed E-state index contributed by atoms with van der Waals surface area (Å²) < 4.78 is 13.7. The van der Waals surface area contributed by atoms with E-state index in [2.05, 4.69) is 10.6 Å². The van der Waals surface area contributed by atoms with Crippen LogP contribution in [0.25, 0.3) is 0 Å². The highest BCUT2D eigenvalue weighted by molar-refractivity contribution is 5.46. The van der Waals surface area contributed by atoms with Gasteiger partial charge in [-0.25, -0.2) is 4.39 Å². The summed E-state index contributed by atoms with van der Waals surface area (Å²) in [6, 6.07) is 8.14. The van der Waals surface area contributed by atoms with Crippen molar-refractivity contribution in [2.24, 2.45) is 0 Å². The fraction of sp³-hybridized carbons (Fsp3) is 0.571. The van der Waals surface area contributed by atoms with Crippen molar-refractivity contribution in [3.63, 3.8) is 0 Å². The van der Waals surface area contributed by atoms with Crippen molar-refractivity contribution in [1.29, 1.82) is 0 Å². The van der Waals surface area contributed by atoms with Crippen molar-refractivity contribution >= 4 is 5.69 Å². The van der Waals surface area contributed by atoms with Crippen molar-refractivity contribution in [3.8, 4) is 0 Å². The van der Waals surface area contributed by atoms with Crippen LogP contribution in [0, 0.1) is 0 Å². The van der Waals surface area contributed by atoms with Gasteiger partial charge in [0.05, 0.1) is 0 Å². The van der Waals surface area contributed by atoms with Crippen LogP contribution in [0.3, 0.4) is 0 Å². The van der Waals surface area contributed by atoms with Gasteiger partial charge < -0.3 is 10.6 Å². The van der Waals surface area contributed by atoms with E-state index in [1.54, 1.807) is 13.8 Å². The Hall–Kier alpha value is -1.09. The average Bonchev–Trinajstić information content (AvgIpc) is 2.30. The third-order valence-corrected chi connectivity index (χ3v) is 3.24. The molecule has 3 heteroatoms. The summed E-state index contributed by atoms with van der Waals surface area (Å²) in [6.45, 7) is 5.30. The maximum Gasteiger partial charge on any atom is 0.130 e. The topological polar surface area (TPSA) is 24.1 Å². The molecule has 1 fully saturated rings. The van der Waals surface area contributed by atoms with Gasteiger partial charge in [-0.1, -0.05) is 12.1 Å². The standard InChI is InChI=1S/C14H21FN2/c1-14(2,15)11-5-7-12(8-6-11)17-13-4-3-9-16-10-13/h5-8,13,16-17H,3-4,9-10H2,1-2H3. The van der Waals surface area contributed by atoms with E-state index in [0.717, 1.165) is 24.3 Å². The van der Waals surface area contributed by atoms with Crippen molar-refractivity contribution < 1.29 is 4.39 Å². The van der Waals surface area contributed by atoms with E-state index in [0.29, 0.717) is 6.04 Å². The van der Waals surface area contributed by atoms with Crippen LogP contribution in [-0.4, -0.2) is 19.1 Å². The number of hydrogen-bond acceptors (Lipinski definition) is 2. The molecular weight excluding hydrogens is 215 g/mol. The third-order valence-electron chi connectivity index (χ3n) is 3.24. The van der Waals surface area contributed by atoms with Gasteiger partial charge in [0.1, 0.15) is 5.67 Å². The van der Waals surface area contributed by atoms with Crippen molar-refractivity contribution in [3.05, 3.63) is 29.8 Å². The van der Waals surface area contributed by atoms with Crippen LogP contribution < -0.4 is 10.6 Å². The molecule has 2 N–H and O–H groups in total. The highest BCUT2D eigenvalue weighted by atomic mass is 19.1. The van der Waals surface area contributed by atoms with Crippen molar-refractivity contribution in [2.45, 2.75) is 38.4 Å². The Labute approximate surface area is 103 Å². The van der Waals surface area contributed by atoms with Crippen molar-refractivity contribution in [2.75, 3.05) is 18.4 Å². The molecule has 2 nitrogen and oxygen atoms in total. The second-order valence-electron chi connectivity index (χ2n) is 5.24. The fourth-order valence-corrected chi connectivity index (χ4v) is 2.17. The molecule has 0 saturated carbocycles. The highest BCUT2D eigenvalue weighted by Gasteiger charge is 2.18. The van der Waals surface area contributed by atoms with Gasteiger partial charge in [-0.15, -0.1) is 0 Å². The lowest BCUT2D eigenvalue weighted by Gasteiger charge is -2.25. The molecule has 1 unspecified atom stereocenters. The second-order valence-corrected chi connectivity index (χ2v) is 5.24. The SMILES string of the molecule is CC(C)(F)c1ccc(NC2CCCNC2)cc1. The first-order valence-electron chi connectivity index (χ1n) is 6.32. The predicted octanol–water partition coefficient (Wildman–Crippen LogP) is 3.06. The van der Waals surface area contributed by atoms with E-state index in [4.69, 9.17) is 0 Å². The van der Waals surface area contributed by atoms with Gasteiger partial charge in [-0.2, -0.15) is 0 Å². The first-order chi connectivity index (χ1) is 8.05. The molecule has 1 aliphatic heterocycles. The van der Waals surface area contributed by atoms with Gasteiger partial charge in [0, 0.05) is 18.3 Å².